The molecule has 18 heavy (non-hydrogen) atoms. The number of nitrogen functional groups attached to an aromatic ring is 1. The zero-order chi connectivity index (χ0) is 13.3. The fraction of sp³-hybridized carbons (Fsp3) is 0.167. The van der Waals surface area contributed by atoms with Crippen molar-refractivity contribution in [2.75, 3.05) is 12.8 Å². The summed E-state index contributed by atoms with van der Waals surface area (Å²) in [5.74, 6) is -0.492. The lowest BCUT2D eigenvalue weighted by Crippen LogP contribution is -2.00. The van der Waals surface area contributed by atoms with Gasteiger partial charge in [0.05, 0.1) is 12.0 Å². The van der Waals surface area contributed by atoms with Crippen LogP contribution in [0.1, 0.15) is 16.1 Å². The van der Waals surface area contributed by atoms with Gasteiger partial charge in [0, 0.05) is 5.56 Å². The number of carboxylic acid groups (broad SMARTS) is 1. The van der Waals surface area contributed by atoms with Crippen LogP contribution >= 0.6 is 11.3 Å². The molecule has 0 fully saturated rings. The van der Waals surface area contributed by atoms with Crippen LogP contribution in [0.3, 0.4) is 0 Å². The lowest BCUT2D eigenvalue weighted by atomic mass is 10.1. The minimum absolute atomic E-state index is 0.0404. The predicted molar refractivity (Wildman–Crippen MR) is 70.2 cm³/mol. The van der Waals surface area contributed by atoms with E-state index in [2.05, 4.69) is 4.98 Å². The van der Waals surface area contributed by atoms with E-state index in [0.29, 0.717) is 16.2 Å². The fourth-order valence-electron chi connectivity index (χ4n) is 1.66. The summed E-state index contributed by atoms with van der Waals surface area (Å²) in [5, 5.41) is 9.35. The monoisotopic (exact) mass is 264 g/mol. The van der Waals surface area contributed by atoms with E-state index in [4.69, 9.17) is 15.6 Å². The molecule has 2 aromatic rings. The second-order valence-electron chi connectivity index (χ2n) is 3.74. The quantitative estimate of drug-likeness (QED) is 0.889. The topological polar surface area (TPSA) is 85.4 Å². The Hall–Kier alpha value is -2.08. The summed E-state index contributed by atoms with van der Waals surface area (Å²) in [6, 6.07) is 5.55. The van der Waals surface area contributed by atoms with Crippen LogP contribution in [0.15, 0.2) is 18.2 Å². The zero-order valence-electron chi connectivity index (χ0n) is 9.93. The number of nitrogens with zero attached hydrogens (tertiary/aromatic N) is 1. The first-order valence-electron chi connectivity index (χ1n) is 5.17. The number of benzene rings is 1. The van der Waals surface area contributed by atoms with Gasteiger partial charge in [0.25, 0.3) is 0 Å². The van der Waals surface area contributed by atoms with Crippen molar-refractivity contribution in [1.29, 1.82) is 0 Å². The average molecular weight is 264 g/mol. The number of methoxy groups -OCH3 is 1. The third kappa shape index (κ3) is 2.14. The number of ether oxygens (including phenoxy) is 1. The maximum absolute atomic E-state index is 11.1. The van der Waals surface area contributed by atoms with Crippen LogP contribution in [0.2, 0.25) is 0 Å². The molecule has 6 heteroatoms. The van der Waals surface area contributed by atoms with E-state index in [1.165, 1.54) is 0 Å². The van der Waals surface area contributed by atoms with E-state index in [-0.39, 0.29) is 10.8 Å². The molecule has 1 aromatic heterocycles. The minimum atomic E-state index is -1.10. The Balaban J connectivity index is 2.68. The summed E-state index contributed by atoms with van der Waals surface area (Å²) in [6.07, 6.45) is 0. The maximum Gasteiger partial charge on any atom is 0.356 e. The van der Waals surface area contributed by atoms with E-state index in [1.807, 2.05) is 19.1 Å². The molecule has 3 N–H and O–H groups in total. The second-order valence-corrected chi connectivity index (χ2v) is 4.77. The largest absolute Gasteiger partial charge is 0.496 e. The number of rotatable bonds is 3. The summed E-state index contributed by atoms with van der Waals surface area (Å²) in [6.45, 7) is 1.92. The Morgan fingerprint density at radius 3 is 2.83 bits per heavy atom. The molecule has 0 saturated heterocycles. The number of aromatic nitrogens is 1. The van der Waals surface area contributed by atoms with E-state index >= 15 is 0 Å². The highest BCUT2D eigenvalue weighted by Crippen LogP contribution is 2.38. The van der Waals surface area contributed by atoms with Gasteiger partial charge in [-0.2, -0.15) is 0 Å². The standard InChI is InChI=1S/C12H12N2O3S/c1-6-3-4-8(17-2)7(5-6)10-9(11(15)16)14-12(13)18-10/h3-5H,1-2H3,(H2,13,14)(H,15,16). The number of hydrogen-bond donors (Lipinski definition) is 2. The molecule has 0 radical (unpaired) electrons. The molecule has 2 rings (SSSR count). The predicted octanol–water partition coefficient (Wildman–Crippen LogP) is 2.41. The number of aryl methyl sites for hydroxylation is 1. The lowest BCUT2D eigenvalue weighted by Gasteiger charge is -2.08. The normalized spacial score (nSPS) is 10.3. The number of hydrogen-bond acceptors (Lipinski definition) is 5. The van der Waals surface area contributed by atoms with Crippen LogP contribution in [-0.2, 0) is 0 Å². The molecule has 0 amide bonds. The molecule has 5 nitrogen and oxygen atoms in total. The first-order valence-corrected chi connectivity index (χ1v) is 5.99. The molecule has 0 aliphatic rings. The number of nitrogens with two attached hydrogens (primary N) is 1. The third-order valence-electron chi connectivity index (χ3n) is 2.45. The van der Waals surface area contributed by atoms with E-state index in [1.54, 1.807) is 13.2 Å². The summed E-state index contributed by atoms with van der Waals surface area (Å²) in [5.41, 5.74) is 7.25. The molecule has 0 spiro atoms. The van der Waals surface area contributed by atoms with Crippen molar-refractivity contribution in [3.63, 3.8) is 0 Å². The summed E-state index contributed by atoms with van der Waals surface area (Å²) >= 11 is 1.14. The van der Waals surface area contributed by atoms with Crippen molar-refractivity contribution in [2.45, 2.75) is 6.92 Å². The molecule has 94 valence electrons. The Morgan fingerprint density at radius 1 is 1.50 bits per heavy atom. The molecule has 0 aliphatic carbocycles. The Bertz CT molecular complexity index is 607. The smallest absolute Gasteiger partial charge is 0.356 e. The van der Waals surface area contributed by atoms with Crippen molar-refractivity contribution in [3.8, 4) is 16.2 Å². The lowest BCUT2D eigenvalue weighted by molar-refractivity contribution is 0.0692. The van der Waals surface area contributed by atoms with Crippen LogP contribution < -0.4 is 10.5 Å². The zero-order valence-corrected chi connectivity index (χ0v) is 10.7. The van der Waals surface area contributed by atoms with Crippen LogP contribution in [0.25, 0.3) is 10.4 Å². The molecule has 1 aromatic carbocycles. The van der Waals surface area contributed by atoms with Gasteiger partial charge >= 0.3 is 5.97 Å². The van der Waals surface area contributed by atoms with Crippen LogP contribution in [0, 0.1) is 6.92 Å². The van der Waals surface area contributed by atoms with Gasteiger partial charge in [-0.1, -0.05) is 23.0 Å². The summed E-state index contributed by atoms with van der Waals surface area (Å²) < 4.78 is 5.24. The van der Waals surface area contributed by atoms with Gasteiger partial charge in [-0.15, -0.1) is 0 Å². The molecule has 0 saturated carbocycles. The number of carbonyl (C=O) groups is 1. The van der Waals surface area contributed by atoms with E-state index < -0.39 is 5.97 Å². The molecular weight excluding hydrogens is 252 g/mol. The van der Waals surface area contributed by atoms with Gasteiger partial charge in [0.2, 0.25) is 0 Å². The van der Waals surface area contributed by atoms with Gasteiger partial charge < -0.3 is 15.6 Å². The SMILES string of the molecule is COc1ccc(C)cc1-c1sc(N)nc1C(=O)O. The molecular formula is C12H12N2O3S. The number of carboxylic acids is 1. The summed E-state index contributed by atoms with van der Waals surface area (Å²) in [4.78, 5) is 15.5. The third-order valence-corrected chi connectivity index (χ3v) is 3.36. The van der Waals surface area contributed by atoms with Crippen molar-refractivity contribution in [3.05, 3.63) is 29.5 Å². The van der Waals surface area contributed by atoms with Crippen molar-refractivity contribution in [1.82, 2.24) is 4.98 Å². The van der Waals surface area contributed by atoms with Crippen LogP contribution in [-0.4, -0.2) is 23.2 Å². The Morgan fingerprint density at radius 2 is 2.22 bits per heavy atom. The van der Waals surface area contributed by atoms with E-state index in [9.17, 15) is 4.79 Å². The van der Waals surface area contributed by atoms with Gasteiger partial charge in [0.15, 0.2) is 10.8 Å². The highest BCUT2D eigenvalue weighted by Gasteiger charge is 2.20. The first-order chi connectivity index (χ1) is 8.52. The van der Waals surface area contributed by atoms with Crippen LogP contribution in [0.5, 0.6) is 5.75 Å². The first kappa shape index (κ1) is 12.4. The fourth-order valence-corrected chi connectivity index (χ4v) is 2.51. The minimum Gasteiger partial charge on any atom is -0.496 e. The number of thiazole rings is 1. The highest BCUT2D eigenvalue weighted by atomic mass is 32.1. The molecule has 0 unspecified atom stereocenters. The maximum atomic E-state index is 11.1. The Kier molecular flexibility index (Phi) is 3.20. The van der Waals surface area contributed by atoms with Gasteiger partial charge in [0.1, 0.15) is 5.75 Å². The highest BCUT2D eigenvalue weighted by molar-refractivity contribution is 7.19. The second kappa shape index (κ2) is 4.66. The van der Waals surface area contributed by atoms with Gasteiger partial charge in [-0.05, 0) is 19.1 Å². The van der Waals surface area contributed by atoms with Crippen molar-refractivity contribution in [2.24, 2.45) is 0 Å². The summed E-state index contributed by atoms with van der Waals surface area (Å²) in [7, 11) is 1.54. The van der Waals surface area contributed by atoms with Gasteiger partial charge in [-0.25, -0.2) is 9.78 Å². The van der Waals surface area contributed by atoms with Crippen LogP contribution in [0.4, 0.5) is 5.13 Å². The molecule has 0 atom stereocenters. The average Bonchev–Trinajstić information content (AvgIpc) is 2.71. The van der Waals surface area contributed by atoms with Gasteiger partial charge in [-0.3, -0.25) is 0 Å². The Labute approximate surface area is 108 Å². The number of aromatic carboxylic acids is 1. The van der Waals surface area contributed by atoms with E-state index in [0.717, 1.165) is 16.9 Å². The van der Waals surface area contributed by atoms with Crippen molar-refractivity contribution >= 4 is 22.4 Å². The number of anilines is 1. The molecule has 0 aliphatic heterocycles. The molecule has 1 heterocycles. The van der Waals surface area contributed by atoms with Crippen molar-refractivity contribution < 1.29 is 14.6 Å². The molecule has 0 bridgehead atoms.